The van der Waals surface area contributed by atoms with Gasteiger partial charge < -0.3 is 14.5 Å². The van der Waals surface area contributed by atoms with E-state index in [0.29, 0.717) is 11.0 Å². The summed E-state index contributed by atoms with van der Waals surface area (Å²) < 4.78 is 12.7. The summed E-state index contributed by atoms with van der Waals surface area (Å²) in [5.74, 6) is 0.823. The number of hydrogen-bond acceptors (Lipinski definition) is 7. The number of fused-ring (bicyclic) bond motifs is 1. The third kappa shape index (κ3) is 5.20. The van der Waals surface area contributed by atoms with Crippen LogP contribution in [0.15, 0.2) is 58.3 Å². The molecule has 0 spiro atoms. The van der Waals surface area contributed by atoms with Crippen LogP contribution in [0.5, 0.6) is 5.75 Å². The summed E-state index contributed by atoms with van der Waals surface area (Å²) in [6.45, 7) is 0.0748. The fourth-order valence-corrected chi connectivity index (χ4v) is 4.76. The van der Waals surface area contributed by atoms with Crippen molar-refractivity contribution in [2.24, 2.45) is 0 Å². The quantitative estimate of drug-likeness (QED) is 0.357. The van der Waals surface area contributed by atoms with E-state index in [9.17, 15) is 4.79 Å². The normalized spacial score (nSPS) is 12.8. The lowest BCUT2D eigenvalue weighted by Gasteiger charge is -2.16. The standard InChI is InChI=1S/C24H22N4O3S2/c29-21(26-23-25-20(15-33-23)17-7-2-1-3-8-17)13-28-24(32)31-22(27-28)14-30-19-11-10-16-6-4-5-9-18(16)12-19/h1-3,7-8,10-12,15H,4-6,9,13-14H2,(H,25,26,29). The topological polar surface area (TPSA) is 82.2 Å². The van der Waals surface area contributed by atoms with Gasteiger partial charge in [0.15, 0.2) is 11.7 Å². The van der Waals surface area contributed by atoms with Gasteiger partial charge in [-0.25, -0.2) is 9.67 Å². The van der Waals surface area contributed by atoms with E-state index in [2.05, 4.69) is 27.5 Å². The van der Waals surface area contributed by atoms with E-state index < -0.39 is 0 Å². The molecule has 0 radical (unpaired) electrons. The smallest absolute Gasteiger partial charge is 0.287 e. The number of benzene rings is 2. The lowest BCUT2D eigenvalue weighted by Crippen LogP contribution is -2.19. The maximum Gasteiger partial charge on any atom is 0.287 e. The van der Waals surface area contributed by atoms with Crippen molar-refractivity contribution in [3.05, 3.63) is 75.8 Å². The Morgan fingerprint density at radius 3 is 2.82 bits per heavy atom. The predicted molar refractivity (Wildman–Crippen MR) is 129 cm³/mol. The van der Waals surface area contributed by atoms with Crippen LogP contribution in [-0.4, -0.2) is 20.7 Å². The average molecular weight is 479 g/mol. The molecule has 2 aromatic carbocycles. The van der Waals surface area contributed by atoms with E-state index in [1.54, 1.807) is 0 Å². The first-order chi connectivity index (χ1) is 16.1. The molecule has 0 aliphatic heterocycles. The van der Waals surface area contributed by atoms with Gasteiger partial charge >= 0.3 is 0 Å². The third-order valence-corrected chi connectivity index (χ3v) is 6.50. The molecule has 33 heavy (non-hydrogen) atoms. The van der Waals surface area contributed by atoms with Gasteiger partial charge in [-0.2, -0.15) is 0 Å². The SMILES string of the molecule is O=C(Cn1nc(COc2ccc3c(c2)CCCC3)oc1=S)Nc1nc(-c2ccccc2)cs1. The van der Waals surface area contributed by atoms with Crippen molar-refractivity contribution in [1.82, 2.24) is 14.8 Å². The monoisotopic (exact) mass is 478 g/mol. The number of carbonyl (C=O) groups excluding carboxylic acids is 1. The second-order valence-corrected chi connectivity index (χ2v) is 9.01. The molecule has 1 amide bonds. The Morgan fingerprint density at radius 2 is 1.97 bits per heavy atom. The molecule has 5 rings (SSSR count). The van der Waals surface area contributed by atoms with Crippen molar-refractivity contribution in [1.29, 1.82) is 0 Å². The maximum atomic E-state index is 12.5. The van der Waals surface area contributed by atoms with Gasteiger partial charge in [0, 0.05) is 10.9 Å². The van der Waals surface area contributed by atoms with Gasteiger partial charge in [-0.3, -0.25) is 4.79 Å². The molecule has 0 saturated heterocycles. The number of anilines is 1. The maximum absolute atomic E-state index is 12.5. The fraction of sp³-hybridized carbons (Fsp3) is 0.250. The lowest BCUT2D eigenvalue weighted by atomic mass is 9.92. The van der Waals surface area contributed by atoms with E-state index in [0.717, 1.165) is 29.8 Å². The minimum Gasteiger partial charge on any atom is -0.484 e. The highest BCUT2D eigenvalue weighted by Gasteiger charge is 2.14. The van der Waals surface area contributed by atoms with Crippen molar-refractivity contribution >= 4 is 34.6 Å². The first kappa shape index (κ1) is 21.5. The zero-order valence-electron chi connectivity index (χ0n) is 17.8. The van der Waals surface area contributed by atoms with E-state index in [1.165, 1.54) is 40.0 Å². The van der Waals surface area contributed by atoms with Gasteiger partial charge in [0.1, 0.15) is 12.3 Å². The Balaban J connectivity index is 1.18. The highest BCUT2D eigenvalue weighted by Crippen LogP contribution is 2.26. The zero-order valence-corrected chi connectivity index (χ0v) is 19.5. The molecule has 1 N–H and O–H groups in total. The number of hydrogen-bond donors (Lipinski definition) is 1. The van der Waals surface area contributed by atoms with Crippen molar-refractivity contribution in [3.63, 3.8) is 0 Å². The molecule has 0 atom stereocenters. The Labute approximate surface area is 200 Å². The van der Waals surface area contributed by atoms with E-state index in [1.807, 2.05) is 41.8 Å². The summed E-state index contributed by atoms with van der Waals surface area (Å²) >= 11 is 6.59. The molecule has 4 aromatic rings. The molecule has 0 unspecified atom stereocenters. The summed E-state index contributed by atoms with van der Waals surface area (Å²) in [6, 6.07) is 16.0. The van der Waals surface area contributed by atoms with Crippen molar-refractivity contribution < 1.29 is 13.9 Å². The summed E-state index contributed by atoms with van der Waals surface area (Å²) in [5.41, 5.74) is 4.56. The molecule has 168 valence electrons. The number of ether oxygens (including phenoxy) is 1. The molecule has 2 aromatic heterocycles. The molecule has 0 fully saturated rings. The highest BCUT2D eigenvalue weighted by atomic mass is 32.1. The molecule has 1 aliphatic carbocycles. The van der Waals surface area contributed by atoms with Gasteiger partial charge in [0.2, 0.25) is 5.91 Å². The molecular formula is C24H22N4O3S2. The van der Waals surface area contributed by atoms with Crippen LogP contribution in [0.2, 0.25) is 0 Å². The van der Waals surface area contributed by atoms with Gasteiger partial charge in [-0.1, -0.05) is 36.4 Å². The van der Waals surface area contributed by atoms with Crippen LogP contribution in [-0.2, 0) is 30.8 Å². The number of aryl methyl sites for hydroxylation is 2. The number of amides is 1. The number of rotatable bonds is 7. The van der Waals surface area contributed by atoms with Crippen LogP contribution in [0, 0.1) is 4.84 Å². The molecule has 1 aliphatic rings. The Morgan fingerprint density at radius 1 is 1.15 bits per heavy atom. The van der Waals surface area contributed by atoms with Crippen LogP contribution in [0.4, 0.5) is 5.13 Å². The average Bonchev–Trinajstić information content (AvgIpc) is 3.44. The first-order valence-corrected chi connectivity index (χ1v) is 12.0. The predicted octanol–water partition coefficient (Wildman–Crippen LogP) is 5.43. The van der Waals surface area contributed by atoms with Crippen LogP contribution >= 0.6 is 23.6 Å². The van der Waals surface area contributed by atoms with Gasteiger partial charge in [-0.05, 0) is 61.2 Å². The Kier molecular flexibility index (Phi) is 6.32. The Hall–Kier alpha value is -3.30. The molecule has 2 heterocycles. The fourth-order valence-electron chi connectivity index (χ4n) is 3.82. The molecule has 9 heteroatoms. The largest absolute Gasteiger partial charge is 0.484 e. The number of nitrogens with one attached hydrogen (secondary N) is 1. The number of aromatic nitrogens is 3. The summed E-state index contributed by atoms with van der Waals surface area (Å²) in [7, 11) is 0. The zero-order chi connectivity index (χ0) is 22.6. The second kappa shape index (κ2) is 9.68. The van der Waals surface area contributed by atoms with Crippen molar-refractivity contribution in [3.8, 4) is 17.0 Å². The number of nitrogens with zero attached hydrogens (tertiary/aromatic N) is 3. The summed E-state index contributed by atoms with van der Waals surface area (Å²) in [6.07, 6.45) is 4.68. The summed E-state index contributed by atoms with van der Waals surface area (Å²) in [5, 5.41) is 9.51. The van der Waals surface area contributed by atoms with Crippen molar-refractivity contribution in [2.45, 2.75) is 38.8 Å². The minimum atomic E-state index is -0.282. The third-order valence-electron chi connectivity index (χ3n) is 5.44. The summed E-state index contributed by atoms with van der Waals surface area (Å²) in [4.78, 5) is 17.1. The Bertz CT molecular complexity index is 1330. The van der Waals surface area contributed by atoms with E-state index in [4.69, 9.17) is 21.4 Å². The van der Waals surface area contributed by atoms with Crippen LogP contribution in [0.25, 0.3) is 11.3 Å². The second-order valence-electron chi connectivity index (χ2n) is 7.80. The van der Waals surface area contributed by atoms with Crippen LogP contribution < -0.4 is 10.1 Å². The molecular weight excluding hydrogens is 456 g/mol. The van der Waals surface area contributed by atoms with Crippen LogP contribution in [0.1, 0.15) is 29.9 Å². The molecule has 7 nitrogen and oxygen atoms in total. The lowest BCUT2D eigenvalue weighted by molar-refractivity contribution is -0.117. The number of carbonyl (C=O) groups is 1. The molecule has 0 saturated carbocycles. The number of thiazole rings is 1. The van der Waals surface area contributed by atoms with Gasteiger partial charge in [0.25, 0.3) is 10.7 Å². The molecule has 0 bridgehead atoms. The highest BCUT2D eigenvalue weighted by molar-refractivity contribution is 7.71. The van der Waals surface area contributed by atoms with E-state index >= 15 is 0 Å². The van der Waals surface area contributed by atoms with Gasteiger partial charge in [-0.15, -0.1) is 16.4 Å². The van der Waals surface area contributed by atoms with E-state index in [-0.39, 0.29) is 23.9 Å². The van der Waals surface area contributed by atoms with Gasteiger partial charge in [0.05, 0.1) is 5.69 Å². The van der Waals surface area contributed by atoms with Crippen LogP contribution in [0.3, 0.4) is 0 Å². The minimum absolute atomic E-state index is 0.0680. The first-order valence-electron chi connectivity index (χ1n) is 10.8. The van der Waals surface area contributed by atoms with Crippen molar-refractivity contribution in [2.75, 3.05) is 5.32 Å².